The summed E-state index contributed by atoms with van der Waals surface area (Å²) in [5.41, 5.74) is 5.28. The first kappa shape index (κ1) is 15.5. The topological polar surface area (TPSA) is 84.6 Å². The number of ether oxygens (including phenoxy) is 1. The molecular formula is C14H22N2O3. The molecule has 5 heteroatoms. The molecule has 0 bridgehead atoms. The van der Waals surface area contributed by atoms with Crippen LogP contribution in [0.25, 0.3) is 0 Å². The lowest BCUT2D eigenvalue weighted by atomic mass is 10.0. The Morgan fingerprint density at radius 3 is 2.84 bits per heavy atom. The van der Waals surface area contributed by atoms with Crippen LogP contribution < -0.4 is 15.8 Å². The maximum atomic E-state index is 11.5. The van der Waals surface area contributed by atoms with Crippen LogP contribution in [0.3, 0.4) is 0 Å². The molecule has 1 aromatic rings. The van der Waals surface area contributed by atoms with E-state index < -0.39 is 11.4 Å². The van der Waals surface area contributed by atoms with Crippen molar-refractivity contribution in [1.29, 1.82) is 0 Å². The van der Waals surface area contributed by atoms with E-state index in [0.29, 0.717) is 12.3 Å². The molecule has 5 nitrogen and oxygen atoms in total. The fourth-order valence-corrected chi connectivity index (χ4v) is 1.57. The summed E-state index contributed by atoms with van der Waals surface area (Å²) in [6.45, 7) is 4.54. The number of primary amides is 1. The van der Waals surface area contributed by atoms with Gasteiger partial charge in [-0.05, 0) is 37.6 Å². The van der Waals surface area contributed by atoms with Gasteiger partial charge in [0.1, 0.15) is 17.9 Å². The van der Waals surface area contributed by atoms with Crippen LogP contribution in [0, 0.1) is 0 Å². The third-order valence-electron chi connectivity index (χ3n) is 2.92. The Balaban J connectivity index is 2.67. The number of carbonyl (C=O) groups is 1. The van der Waals surface area contributed by atoms with Crippen LogP contribution in [0.15, 0.2) is 24.3 Å². The number of hydrogen-bond acceptors (Lipinski definition) is 4. The maximum Gasteiger partial charge on any atom is 0.240 e. The first-order chi connectivity index (χ1) is 9.01. The summed E-state index contributed by atoms with van der Waals surface area (Å²) in [6.07, 6.45) is 0.906. The normalized spacial score (nSPS) is 13.8. The highest BCUT2D eigenvalue weighted by Gasteiger charge is 2.31. The van der Waals surface area contributed by atoms with Gasteiger partial charge in [-0.3, -0.25) is 4.79 Å². The van der Waals surface area contributed by atoms with Gasteiger partial charge in [-0.1, -0.05) is 19.1 Å². The van der Waals surface area contributed by atoms with Crippen LogP contribution in [-0.4, -0.2) is 29.7 Å². The zero-order valence-electron chi connectivity index (χ0n) is 11.5. The fourth-order valence-electron chi connectivity index (χ4n) is 1.57. The minimum absolute atomic E-state index is 0.0433. The Labute approximate surface area is 113 Å². The van der Waals surface area contributed by atoms with Crippen molar-refractivity contribution in [2.45, 2.75) is 32.4 Å². The number of nitrogens with two attached hydrogens (primary N) is 1. The molecule has 106 valence electrons. The van der Waals surface area contributed by atoms with Gasteiger partial charge in [0.05, 0.1) is 6.61 Å². The molecule has 1 rings (SSSR count). The third kappa shape index (κ3) is 4.54. The molecule has 1 unspecified atom stereocenters. The number of aliphatic hydroxyl groups excluding tert-OH is 1. The van der Waals surface area contributed by atoms with Crippen molar-refractivity contribution in [1.82, 2.24) is 5.32 Å². The quantitative estimate of drug-likeness (QED) is 0.650. The summed E-state index contributed by atoms with van der Waals surface area (Å²) in [5, 5.41) is 12.1. The molecule has 0 radical (unpaired) electrons. The molecule has 0 heterocycles. The summed E-state index contributed by atoms with van der Waals surface area (Å²) in [5.74, 6) is 0.164. The lowest BCUT2D eigenvalue weighted by molar-refractivity contribution is -0.125. The van der Waals surface area contributed by atoms with Crippen molar-refractivity contribution in [3.63, 3.8) is 0 Å². The molecule has 0 saturated heterocycles. The monoisotopic (exact) mass is 266 g/mol. The van der Waals surface area contributed by atoms with Crippen LogP contribution in [0.4, 0.5) is 0 Å². The van der Waals surface area contributed by atoms with Gasteiger partial charge in [0, 0.05) is 0 Å². The second-order valence-electron chi connectivity index (χ2n) is 4.72. The summed E-state index contributed by atoms with van der Waals surface area (Å²) in [4.78, 5) is 11.5. The SMILES string of the molecule is CCCNC(C)(COc1cccc(CO)c1)C(N)=O. The number of aliphatic hydroxyl groups is 1. The lowest BCUT2D eigenvalue weighted by Crippen LogP contribution is -2.57. The number of hydrogen-bond donors (Lipinski definition) is 3. The predicted molar refractivity (Wildman–Crippen MR) is 73.8 cm³/mol. The van der Waals surface area contributed by atoms with E-state index in [1.165, 1.54) is 0 Å². The molecule has 0 spiro atoms. The van der Waals surface area contributed by atoms with E-state index in [-0.39, 0.29) is 13.2 Å². The second kappa shape index (κ2) is 7.11. The van der Waals surface area contributed by atoms with Crippen LogP contribution in [0.1, 0.15) is 25.8 Å². The first-order valence-corrected chi connectivity index (χ1v) is 6.39. The molecule has 0 aliphatic heterocycles. The van der Waals surface area contributed by atoms with Crippen LogP contribution in [0.2, 0.25) is 0 Å². The van der Waals surface area contributed by atoms with E-state index in [9.17, 15) is 4.79 Å². The first-order valence-electron chi connectivity index (χ1n) is 6.39. The molecule has 0 aliphatic carbocycles. The minimum atomic E-state index is -0.898. The highest BCUT2D eigenvalue weighted by atomic mass is 16.5. The Morgan fingerprint density at radius 1 is 1.53 bits per heavy atom. The molecule has 19 heavy (non-hydrogen) atoms. The van der Waals surface area contributed by atoms with Gasteiger partial charge in [0.25, 0.3) is 0 Å². The number of carbonyl (C=O) groups excluding carboxylic acids is 1. The van der Waals surface area contributed by atoms with Gasteiger partial charge in [0.15, 0.2) is 0 Å². The standard InChI is InChI=1S/C14H22N2O3/c1-3-7-16-14(2,13(15)18)10-19-12-6-4-5-11(8-12)9-17/h4-6,8,16-17H,3,7,9-10H2,1-2H3,(H2,15,18). The molecule has 4 N–H and O–H groups in total. The molecule has 0 fully saturated rings. The highest BCUT2D eigenvalue weighted by molar-refractivity contribution is 5.84. The maximum absolute atomic E-state index is 11.5. The Morgan fingerprint density at radius 2 is 2.26 bits per heavy atom. The Hall–Kier alpha value is -1.59. The van der Waals surface area contributed by atoms with Crippen molar-refractivity contribution in [2.75, 3.05) is 13.2 Å². The number of amides is 1. The summed E-state index contributed by atoms with van der Waals surface area (Å²) in [7, 11) is 0. The van der Waals surface area contributed by atoms with E-state index in [1.807, 2.05) is 6.92 Å². The Bertz CT molecular complexity index is 423. The van der Waals surface area contributed by atoms with E-state index in [2.05, 4.69) is 5.32 Å². The van der Waals surface area contributed by atoms with Gasteiger partial charge in [-0.25, -0.2) is 0 Å². The van der Waals surface area contributed by atoms with Crippen LogP contribution in [-0.2, 0) is 11.4 Å². The smallest absolute Gasteiger partial charge is 0.240 e. The molecule has 0 aromatic heterocycles. The molecule has 1 aromatic carbocycles. The second-order valence-corrected chi connectivity index (χ2v) is 4.72. The fraction of sp³-hybridized carbons (Fsp3) is 0.500. The summed E-state index contributed by atoms with van der Waals surface area (Å²) in [6, 6.07) is 7.11. The number of nitrogens with one attached hydrogen (secondary N) is 1. The summed E-state index contributed by atoms with van der Waals surface area (Å²) >= 11 is 0. The van der Waals surface area contributed by atoms with Gasteiger partial charge in [-0.2, -0.15) is 0 Å². The molecular weight excluding hydrogens is 244 g/mol. The van der Waals surface area contributed by atoms with E-state index in [0.717, 1.165) is 12.0 Å². The lowest BCUT2D eigenvalue weighted by Gasteiger charge is -2.27. The largest absolute Gasteiger partial charge is 0.491 e. The van der Waals surface area contributed by atoms with Crippen LogP contribution >= 0.6 is 0 Å². The van der Waals surface area contributed by atoms with E-state index in [1.54, 1.807) is 31.2 Å². The minimum Gasteiger partial charge on any atom is -0.491 e. The zero-order valence-corrected chi connectivity index (χ0v) is 11.5. The molecule has 1 atom stereocenters. The van der Waals surface area contributed by atoms with Crippen molar-refractivity contribution < 1.29 is 14.6 Å². The highest BCUT2D eigenvalue weighted by Crippen LogP contribution is 2.15. The number of benzene rings is 1. The van der Waals surface area contributed by atoms with E-state index in [4.69, 9.17) is 15.6 Å². The molecule has 1 amide bonds. The molecule has 0 saturated carbocycles. The van der Waals surface area contributed by atoms with Gasteiger partial charge in [-0.15, -0.1) is 0 Å². The Kier molecular flexibility index (Phi) is 5.79. The summed E-state index contributed by atoms with van der Waals surface area (Å²) < 4.78 is 5.60. The zero-order chi connectivity index (χ0) is 14.3. The molecule has 0 aliphatic rings. The van der Waals surface area contributed by atoms with Crippen molar-refractivity contribution in [3.05, 3.63) is 29.8 Å². The van der Waals surface area contributed by atoms with Gasteiger partial charge >= 0.3 is 0 Å². The van der Waals surface area contributed by atoms with E-state index >= 15 is 0 Å². The average molecular weight is 266 g/mol. The van der Waals surface area contributed by atoms with Crippen molar-refractivity contribution in [3.8, 4) is 5.75 Å². The number of rotatable bonds is 8. The van der Waals surface area contributed by atoms with Gasteiger partial charge in [0.2, 0.25) is 5.91 Å². The van der Waals surface area contributed by atoms with Crippen LogP contribution in [0.5, 0.6) is 5.75 Å². The van der Waals surface area contributed by atoms with Crippen molar-refractivity contribution >= 4 is 5.91 Å². The third-order valence-corrected chi connectivity index (χ3v) is 2.92. The predicted octanol–water partition coefficient (Wildman–Crippen LogP) is 0.801. The van der Waals surface area contributed by atoms with Gasteiger partial charge < -0.3 is 20.9 Å². The average Bonchev–Trinajstić information content (AvgIpc) is 2.43. The van der Waals surface area contributed by atoms with Crippen molar-refractivity contribution in [2.24, 2.45) is 5.73 Å².